The number of unbranched alkanes of at least 4 members (excludes halogenated alkanes) is 1. The number of nitrogens with zero attached hydrogens (tertiary/aromatic N) is 2. The maximum Gasteiger partial charge on any atom is 0.248 e. The molecule has 1 aromatic heterocycles. The summed E-state index contributed by atoms with van der Waals surface area (Å²) in [5, 5.41) is 3.20. The van der Waals surface area contributed by atoms with Crippen LogP contribution < -0.4 is 20.5 Å². The number of anilines is 3. The largest absolute Gasteiger partial charge is 0.494 e. The average Bonchev–Trinajstić information content (AvgIpc) is 2.73. The van der Waals surface area contributed by atoms with Crippen LogP contribution in [0.3, 0.4) is 0 Å². The van der Waals surface area contributed by atoms with E-state index in [0.29, 0.717) is 23.1 Å². The van der Waals surface area contributed by atoms with E-state index in [1.54, 1.807) is 0 Å². The minimum atomic E-state index is 0.321. The summed E-state index contributed by atoms with van der Waals surface area (Å²) in [6, 6.07) is 15.5. The second-order valence-electron chi connectivity index (χ2n) is 6.39. The van der Waals surface area contributed by atoms with Gasteiger partial charge in [0.25, 0.3) is 0 Å². The van der Waals surface area contributed by atoms with Crippen LogP contribution in [0.5, 0.6) is 17.4 Å². The highest BCUT2D eigenvalue weighted by Gasteiger charge is 2.11. The molecule has 0 saturated heterocycles. The van der Waals surface area contributed by atoms with Crippen molar-refractivity contribution in [2.75, 3.05) is 17.7 Å². The van der Waals surface area contributed by atoms with Crippen molar-refractivity contribution in [3.63, 3.8) is 0 Å². The van der Waals surface area contributed by atoms with Crippen molar-refractivity contribution < 1.29 is 9.47 Å². The number of aryl methyl sites for hydroxylation is 1. The maximum absolute atomic E-state index is 6.21. The fraction of sp³-hybridized carbons (Fsp3) is 0.273. The van der Waals surface area contributed by atoms with Gasteiger partial charge in [-0.2, -0.15) is 4.98 Å². The quantitative estimate of drug-likeness (QED) is 0.489. The third-order valence-corrected chi connectivity index (χ3v) is 4.28. The Hall–Kier alpha value is -3.28. The van der Waals surface area contributed by atoms with Crippen LogP contribution in [-0.4, -0.2) is 16.6 Å². The molecule has 0 unspecified atom stereocenters. The Bertz CT molecular complexity index is 880. The summed E-state index contributed by atoms with van der Waals surface area (Å²) in [6.07, 6.45) is 4.56. The summed E-state index contributed by atoms with van der Waals surface area (Å²) in [7, 11) is 0. The molecule has 6 nitrogen and oxygen atoms in total. The van der Waals surface area contributed by atoms with E-state index in [9.17, 15) is 0 Å². The molecule has 0 atom stereocenters. The Morgan fingerprint density at radius 1 is 0.929 bits per heavy atom. The zero-order valence-electron chi connectivity index (χ0n) is 16.3. The highest BCUT2D eigenvalue weighted by atomic mass is 16.5. The van der Waals surface area contributed by atoms with E-state index < -0.39 is 0 Å². The molecule has 3 rings (SSSR count). The highest BCUT2D eigenvalue weighted by Crippen LogP contribution is 2.31. The smallest absolute Gasteiger partial charge is 0.248 e. The van der Waals surface area contributed by atoms with E-state index in [1.165, 1.54) is 11.9 Å². The molecule has 146 valence electrons. The van der Waals surface area contributed by atoms with E-state index in [1.807, 2.05) is 48.5 Å². The lowest BCUT2D eigenvalue weighted by Gasteiger charge is -2.12. The first-order chi connectivity index (χ1) is 13.7. The molecule has 3 aromatic rings. The molecule has 0 radical (unpaired) electrons. The first-order valence-electron chi connectivity index (χ1n) is 9.56. The van der Waals surface area contributed by atoms with Crippen LogP contribution in [0.2, 0.25) is 0 Å². The summed E-state index contributed by atoms with van der Waals surface area (Å²) in [5.41, 5.74) is 8.66. The van der Waals surface area contributed by atoms with Crippen molar-refractivity contribution in [3.8, 4) is 17.4 Å². The van der Waals surface area contributed by atoms with E-state index in [0.717, 1.165) is 37.3 Å². The van der Waals surface area contributed by atoms with E-state index in [-0.39, 0.29) is 0 Å². The van der Waals surface area contributed by atoms with Crippen molar-refractivity contribution >= 4 is 17.2 Å². The predicted octanol–water partition coefficient (Wildman–Crippen LogP) is 5.34. The zero-order valence-corrected chi connectivity index (χ0v) is 16.3. The van der Waals surface area contributed by atoms with Gasteiger partial charge in [-0.25, -0.2) is 4.98 Å². The molecule has 3 N–H and O–H groups in total. The lowest BCUT2D eigenvalue weighted by atomic mass is 10.2. The fourth-order valence-corrected chi connectivity index (χ4v) is 2.57. The number of hydrogen-bond acceptors (Lipinski definition) is 6. The third-order valence-electron chi connectivity index (χ3n) is 4.28. The zero-order chi connectivity index (χ0) is 19.8. The van der Waals surface area contributed by atoms with Crippen LogP contribution in [0.15, 0.2) is 54.9 Å². The summed E-state index contributed by atoms with van der Waals surface area (Å²) in [4.78, 5) is 8.38. The summed E-state index contributed by atoms with van der Waals surface area (Å²) in [6.45, 7) is 4.98. The molecule has 6 heteroatoms. The van der Waals surface area contributed by atoms with Gasteiger partial charge >= 0.3 is 0 Å². The second kappa shape index (κ2) is 9.60. The minimum Gasteiger partial charge on any atom is -0.494 e. The Morgan fingerprint density at radius 3 is 2.32 bits per heavy atom. The normalized spacial score (nSPS) is 10.5. The Balaban J connectivity index is 1.68. The van der Waals surface area contributed by atoms with Gasteiger partial charge in [-0.15, -0.1) is 0 Å². The molecule has 1 heterocycles. The van der Waals surface area contributed by atoms with E-state index in [2.05, 4.69) is 29.1 Å². The van der Waals surface area contributed by atoms with Crippen molar-refractivity contribution in [1.29, 1.82) is 0 Å². The monoisotopic (exact) mass is 378 g/mol. The molecule has 0 aliphatic rings. The van der Waals surface area contributed by atoms with Crippen LogP contribution in [0.1, 0.15) is 32.3 Å². The van der Waals surface area contributed by atoms with Gasteiger partial charge in [-0.1, -0.05) is 32.4 Å². The van der Waals surface area contributed by atoms with Gasteiger partial charge in [0.15, 0.2) is 5.82 Å². The maximum atomic E-state index is 6.21. The predicted molar refractivity (Wildman–Crippen MR) is 112 cm³/mol. The lowest BCUT2D eigenvalue weighted by Crippen LogP contribution is -2.03. The van der Waals surface area contributed by atoms with Gasteiger partial charge in [-0.05, 0) is 54.8 Å². The third kappa shape index (κ3) is 5.13. The summed E-state index contributed by atoms with van der Waals surface area (Å²) < 4.78 is 11.5. The number of nitrogen functional groups attached to an aromatic ring is 1. The Kier molecular flexibility index (Phi) is 6.68. The highest BCUT2D eigenvalue weighted by molar-refractivity contribution is 5.72. The number of hydrogen-bond donors (Lipinski definition) is 2. The van der Waals surface area contributed by atoms with Gasteiger partial charge in [0.05, 0.1) is 6.61 Å². The van der Waals surface area contributed by atoms with E-state index >= 15 is 0 Å². The van der Waals surface area contributed by atoms with Crippen LogP contribution in [0.4, 0.5) is 17.2 Å². The van der Waals surface area contributed by atoms with Crippen molar-refractivity contribution in [2.45, 2.75) is 33.1 Å². The van der Waals surface area contributed by atoms with Gasteiger partial charge in [0.1, 0.15) is 23.5 Å². The Morgan fingerprint density at radius 2 is 1.64 bits per heavy atom. The number of aromatic nitrogens is 2. The molecule has 2 aromatic carbocycles. The van der Waals surface area contributed by atoms with Crippen LogP contribution in [-0.2, 0) is 6.42 Å². The lowest BCUT2D eigenvalue weighted by molar-refractivity contribution is 0.309. The molecule has 0 fully saturated rings. The number of nitrogens with one attached hydrogen (secondary N) is 1. The van der Waals surface area contributed by atoms with Gasteiger partial charge in [-0.3, -0.25) is 0 Å². The fourth-order valence-electron chi connectivity index (χ4n) is 2.57. The molecule has 0 bridgehead atoms. The van der Waals surface area contributed by atoms with Crippen LogP contribution in [0, 0.1) is 0 Å². The standard InChI is InChI=1S/C22H26N4O2/c1-3-5-14-27-18-12-8-17(9-13-18)26-21-20(23)22(25-15-24-21)28-19-10-6-16(4-2)7-11-19/h6-13,15H,3-5,14,23H2,1-2H3,(H,24,25,26). The van der Waals surface area contributed by atoms with Crippen LogP contribution >= 0.6 is 0 Å². The molecule has 0 aliphatic heterocycles. The van der Waals surface area contributed by atoms with Crippen molar-refractivity contribution in [2.24, 2.45) is 0 Å². The average molecular weight is 378 g/mol. The van der Waals surface area contributed by atoms with Gasteiger partial charge in [0, 0.05) is 5.69 Å². The molecule has 0 aliphatic carbocycles. The van der Waals surface area contributed by atoms with Gasteiger partial charge < -0.3 is 20.5 Å². The molecule has 28 heavy (non-hydrogen) atoms. The number of nitrogens with two attached hydrogens (primary N) is 1. The Labute approximate surface area is 165 Å². The van der Waals surface area contributed by atoms with Gasteiger partial charge in [0.2, 0.25) is 5.88 Å². The topological polar surface area (TPSA) is 82.3 Å². The van der Waals surface area contributed by atoms with E-state index in [4.69, 9.17) is 15.2 Å². The molecule has 0 spiro atoms. The summed E-state index contributed by atoms with van der Waals surface area (Å²) in [5.74, 6) is 2.34. The molecule has 0 saturated carbocycles. The first kappa shape index (κ1) is 19.5. The SMILES string of the molecule is CCCCOc1ccc(Nc2ncnc(Oc3ccc(CC)cc3)c2N)cc1. The second-order valence-corrected chi connectivity index (χ2v) is 6.39. The number of benzene rings is 2. The van der Waals surface area contributed by atoms with Crippen molar-refractivity contribution in [1.82, 2.24) is 9.97 Å². The van der Waals surface area contributed by atoms with Crippen LogP contribution in [0.25, 0.3) is 0 Å². The molecular formula is C22H26N4O2. The number of ether oxygens (including phenoxy) is 2. The molecular weight excluding hydrogens is 352 g/mol. The number of rotatable bonds is 9. The first-order valence-corrected chi connectivity index (χ1v) is 9.56. The summed E-state index contributed by atoms with van der Waals surface area (Å²) >= 11 is 0. The minimum absolute atomic E-state index is 0.321. The van der Waals surface area contributed by atoms with Crippen molar-refractivity contribution in [3.05, 3.63) is 60.4 Å². The molecule has 0 amide bonds.